The number of carbonyl (C=O) groups is 1. The summed E-state index contributed by atoms with van der Waals surface area (Å²) in [5.74, 6) is 0.828. The van der Waals surface area contributed by atoms with Gasteiger partial charge in [-0.3, -0.25) is 4.79 Å². The normalized spacial score (nSPS) is 16.3. The number of rotatable bonds is 6. The Balaban J connectivity index is 0.00000264. The van der Waals surface area contributed by atoms with Gasteiger partial charge >= 0.3 is 0 Å². The van der Waals surface area contributed by atoms with Crippen molar-refractivity contribution in [1.29, 1.82) is 0 Å². The highest BCUT2D eigenvalue weighted by Crippen LogP contribution is 2.22. The minimum Gasteiger partial charge on any atom is -0.497 e. The highest BCUT2D eigenvalue weighted by molar-refractivity contribution is 6.31. The van der Waals surface area contributed by atoms with Crippen LogP contribution in [0.25, 0.3) is 0 Å². The van der Waals surface area contributed by atoms with Crippen LogP contribution >= 0.6 is 24.0 Å². The maximum atomic E-state index is 12.1. The Bertz CT molecular complexity index is 508. The molecule has 130 valence electrons. The summed E-state index contributed by atoms with van der Waals surface area (Å²) in [5, 5.41) is 3.53. The van der Waals surface area contributed by atoms with Gasteiger partial charge in [-0.2, -0.15) is 0 Å². The van der Waals surface area contributed by atoms with Crippen molar-refractivity contribution in [3.05, 3.63) is 28.8 Å². The zero-order valence-corrected chi connectivity index (χ0v) is 14.8. The first-order valence-electron chi connectivity index (χ1n) is 7.55. The van der Waals surface area contributed by atoms with Crippen LogP contribution in [0.3, 0.4) is 0 Å². The molecule has 0 saturated carbocycles. The van der Waals surface area contributed by atoms with E-state index in [4.69, 9.17) is 26.8 Å². The molecule has 1 fully saturated rings. The van der Waals surface area contributed by atoms with Gasteiger partial charge < -0.3 is 20.5 Å². The van der Waals surface area contributed by atoms with Crippen LogP contribution in [0, 0.1) is 5.92 Å². The Morgan fingerprint density at radius 1 is 1.48 bits per heavy atom. The van der Waals surface area contributed by atoms with Crippen molar-refractivity contribution in [2.24, 2.45) is 11.7 Å². The van der Waals surface area contributed by atoms with Gasteiger partial charge in [0, 0.05) is 24.8 Å². The van der Waals surface area contributed by atoms with Crippen molar-refractivity contribution in [3.8, 4) is 5.75 Å². The van der Waals surface area contributed by atoms with Gasteiger partial charge in [0.2, 0.25) is 5.91 Å². The van der Waals surface area contributed by atoms with Crippen LogP contribution < -0.4 is 15.8 Å². The number of hydrogen-bond donors (Lipinski definition) is 2. The molecule has 0 spiro atoms. The monoisotopic (exact) mass is 362 g/mol. The van der Waals surface area contributed by atoms with Crippen LogP contribution in [0.5, 0.6) is 5.75 Å². The summed E-state index contributed by atoms with van der Waals surface area (Å²) < 4.78 is 10.4. The Kier molecular flexibility index (Phi) is 8.69. The minimum atomic E-state index is -0.463. The molecule has 1 amide bonds. The van der Waals surface area contributed by atoms with E-state index >= 15 is 0 Å². The van der Waals surface area contributed by atoms with E-state index in [9.17, 15) is 4.79 Å². The number of halogens is 2. The third-order valence-corrected chi connectivity index (χ3v) is 4.38. The van der Waals surface area contributed by atoms with Crippen LogP contribution in [0.4, 0.5) is 0 Å². The average Bonchev–Trinajstić information content (AvgIpc) is 2.56. The first-order chi connectivity index (χ1) is 10.6. The number of amides is 1. The van der Waals surface area contributed by atoms with Crippen molar-refractivity contribution in [1.82, 2.24) is 5.32 Å². The predicted octanol–water partition coefficient (Wildman–Crippen LogP) is 2.18. The lowest BCUT2D eigenvalue weighted by atomic mass is 9.92. The predicted molar refractivity (Wildman–Crippen MR) is 93.5 cm³/mol. The molecule has 23 heavy (non-hydrogen) atoms. The van der Waals surface area contributed by atoms with Crippen molar-refractivity contribution >= 4 is 29.9 Å². The second-order valence-electron chi connectivity index (χ2n) is 5.47. The van der Waals surface area contributed by atoms with Crippen molar-refractivity contribution < 1.29 is 14.3 Å². The lowest BCUT2D eigenvalue weighted by Gasteiger charge is -2.26. The minimum absolute atomic E-state index is 0. The second-order valence-corrected chi connectivity index (χ2v) is 5.88. The fourth-order valence-corrected chi connectivity index (χ4v) is 2.85. The summed E-state index contributed by atoms with van der Waals surface area (Å²) in [6.07, 6.45) is 2.35. The molecule has 1 atom stereocenters. The largest absolute Gasteiger partial charge is 0.497 e. The van der Waals surface area contributed by atoms with E-state index in [0.717, 1.165) is 24.2 Å². The molecule has 0 aromatic heterocycles. The summed E-state index contributed by atoms with van der Waals surface area (Å²) >= 11 is 6.18. The molecule has 5 nitrogen and oxygen atoms in total. The molecule has 0 radical (unpaired) electrons. The fourth-order valence-electron chi connectivity index (χ4n) is 2.58. The number of nitrogens with one attached hydrogen (secondary N) is 1. The molecule has 1 aromatic rings. The van der Waals surface area contributed by atoms with E-state index in [2.05, 4.69) is 5.32 Å². The number of benzene rings is 1. The van der Waals surface area contributed by atoms with Crippen LogP contribution in [0.15, 0.2) is 18.2 Å². The van der Waals surface area contributed by atoms with E-state index in [1.165, 1.54) is 0 Å². The van der Waals surface area contributed by atoms with Crippen LogP contribution in [-0.4, -0.2) is 38.8 Å². The molecule has 1 heterocycles. The number of ether oxygens (including phenoxy) is 2. The molecular weight excluding hydrogens is 339 g/mol. The number of methoxy groups -OCH3 is 1. The molecule has 0 aliphatic carbocycles. The number of hydrogen-bond acceptors (Lipinski definition) is 4. The highest BCUT2D eigenvalue weighted by Gasteiger charge is 2.26. The van der Waals surface area contributed by atoms with Crippen molar-refractivity contribution in [3.63, 3.8) is 0 Å². The molecule has 1 saturated heterocycles. The number of carbonyl (C=O) groups excluding carboxylic acids is 1. The Labute approximate surface area is 148 Å². The zero-order valence-electron chi connectivity index (χ0n) is 13.2. The summed E-state index contributed by atoms with van der Waals surface area (Å²) in [6, 6.07) is 5.07. The van der Waals surface area contributed by atoms with E-state index in [1.807, 2.05) is 12.1 Å². The second kappa shape index (κ2) is 9.98. The fraction of sp³-hybridized carbons (Fsp3) is 0.562. The standard InChI is InChI=1S/C16H23ClN2O3.ClH/c1-21-13-3-2-11(14(17)10-13)4-7-19-16(20)15(18)12-5-8-22-9-6-12;/h2-3,10,12,15H,4-9,18H2,1H3,(H,19,20);1H. The van der Waals surface area contributed by atoms with E-state index < -0.39 is 6.04 Å². The molecule has 1 aromatic carbocycles. The van der Waals surface area contributed by atoms with Crippen LogP contribution in [-0.2, 0) is 16.0 Å². The maximum absolute atomic E-state index is 12.1. The smallest absolute Gasteiger partial charge is 0.237 e. The summed E-state index contributed by atoms with van der Waals surface area (Å²) in [5.41, 5.74) is 7.00. The number of nitrogens with two attached hydrogens (primary N) is 1. The van der Waals surface area contributed by atoms with Crippen LogP contribution in [0.2, 0.25) is 5.02 Å². The first kappa shape index (κ1) is 20.0. The Morgan fingerprint density at radius 2 is 2.17 bits per heavy atom. The molecular formula is C16H24Cl2N2O3. The first-order valence-corrected chi connectivity index (χ1v) is 7.93. The molecule has 0 bridgehead atoms. The lowest BCUT2D eigenvalue weighted by Crippen LogP contribution is -2.47. The third kappa shape index (κ3) is 5.84. The summed E-state index contributed by atoms with van der Waals surface area (Å²) in [7, 11) is 1.60. The van der Waals surface area contributed by atoms with Crippen LogP contribution in [0.1, 0.15) is 18.4 Å². The lowest BCUT2D eigenvalue weighted by molar-refractivity contribution is -0.124. The van der Waals surface area contributed by atoms with E-state index in [0.29, 0.717) is 31.2 Å². The quantitative estimate of drug-likeness (QED) is 0.813. The summed E-state index contributed by atoms with van der Waals surface area (Å²) in [4.78, 5) is 12.1. The van der Waals surface area contributed by atoms with Crippen molar-refractivity contribution in [2.75, 3.05) is 26.9 Å². The van der Waals surface area contributed by atoms with Gasteiger partial charge in [-0.25, -0.2) is 0 Å². The molecule has 2 rings (SSSR count). The van der Waals surface area contributed by atoms with Crippen molar-refractivity contribution in [2.45, 2.75) is 25.3 Å². The third-order valence-electron chi connectivity index (χ3n) is 4.03. The highest BCUT2D eigenvalue weighted by atomic mass is 35.5. The zero-order chi connectivity index (χ0) is 15.9. The molecule has 1 aliphatic rings. The van der Waals surface area contributed by atoms with Gasteiger partial charge in [0.1, 0.15) is 5.75 Å². The SMILES string of the molecule is COc1ccc(CCNC(=O)C(N)C2CCOCC2)c(Cl)c1.Cl. The maximum Gasteiger partial charge on any atom is 0.237 e. The van der Waals surface area contributed by atoms with E-state index in [1.54, 1.807) is 13.2 Å². The molecule has 3 N–H and O–H groups in total. The van der Waals surface area contributed by atoms with Gasteiger partial charge in [0.25, 0.3) is 0 Å². The molecule has 1 unspecified atom stereocenters. The average molecular weight is 363 g/mol. The van der Waals surface area contributed by atoms with Gasteiger partial charge in [0.05, 0.1) is 13.2 Å². The van der Waals surface area contributed by atoms with Gasteiger partial charge in [0.15, 0.2) is 0 Å². The Morgan fingerprint density at radius 3 is 2.78 bits per heavy atom. The molecule has 7 heteroatoms. The summed E-state index contributed by atoms with van der Waals surface area (Å²) in [6.45, 7) is 1.89. The van der Waals surface area contributed by atoms with Gasteiger partial charge in [-0.05, 0) is 42.9 Å². The Hall–Kier alpha value is -1.01. The topological polar surface area (TPSA) is 73.6 Å². The van der Waals surface area contributed by atoms with Gasteiger partial charge in [-0.15, -0.1) is 12.4 Å². The van der Waals surface area contributed by atoms with E-state index in [-0.39, 0.29) is 24.2 Å². The molecule has 1 aliphatic heterocycles. The van der Waals surface area contributed by atoms with Gasteiger partial charge in [-0.1, -0.05) is 17.7 Å².